The van der Waals surface area contributed by atoms with E-state index in [1.54, 1.807) is 14.2 Å². The quantitative estimate of drug-likeness (QED) is 0.893. The Labute approximate surface area is 126 Å². The van der Waals surface area contributed by atoms with E-state index in [9.17, 15) is 5.26 Å². The zero-order valence-corrected chi connectivity index (χ0v) is 12.7. The molecule has 1 saturated heterocycles. The van der Waals surface area contributed by atoms with Gasteiger partial charge in [-0.1, -0.05) is 6.07 Å². The van der Waals surface area contributed by atoms with Crippen molar-refractivity contribution in [3.8, 4) is 11.8 Å². The number of nitrogens with two attached hydrogens (primary N) is 1. The Hall–Kier alpha value is -1.61. The standard InChI is InChI=1S/C16H23N3O2/c1-20-9-8-19-7-3-4-14(18)16(19)12-5-6-15(21-2)13(10-12)11-17/h5-6,10,14,16H,3-4,7-9,18H2,1-2H3. The molecule has 0 aromatic heterocycles. The molecule has 5 heteroatoms. The molecule has 0 amide bonds. The largest absolute Gasteiger partial charge is 0.495 e. The van der Waals surface area contributed by atoms with Crippen LogP contribution in [0.25, 0.3) is 0 Å². The highest BCUT2D eigenvalue weighted by molar-refractivity contribution is 5.46. The second-order valence-electron chi connectivity index (χ2n) is 5.35. The van der Waals surface area contributed by atoms with Gasteiger partial charge in [-0.3, -0.25) is 4.90 Å². The van der Waals surface area contributed by atoms with Crippen molar-refractivity contribution in [2.75, 3.05) is 33.9 Å². The van der Waals surface area contributed by atoms with Crippen molar-refractivity contribution in [3.05, 3.63) is 29.3 Å². The van der Waals surface area contributed by atoms with Gasteiger partial charge in [-0.25, -0.2) is 0 Å². The number of benzene rings is 1. The minimum atomic E-state index is 0.0792. The number of piperidine rings is 1. The average Bonchev–Trinajstić information content (AvgIpc) is 2.52. The molecule has 1 fully saturated rings. The summed E-state index contributed by atoms with van der Waals surface area (Å²) in [4.78, 5) is 2.35. The molecule has 1 aliphatic rings. The summed E-state index contributed by atoms with van der Waals surface area (Å²) >= 11 is 0. The van der Waals surface area contributed by atoms with Crippen LogP contribution in [0.3, 0.4) is 0 Å². The Morgan fingerprint density at radius 1 is 1.43 bits per heavy atom. The summed E-state index contributed by atoms with van der Waals surface area (Å²) in [6.07, 6.45) is 2.10. The molecule has 2 N–H and O–H groups in total. The molecule has 0 aliphatic carbocycles. The van der Waals surface area contributed by atoms with Gasteiger partial charge in [0.25, 0.3) is 0 Å². The van der Waals surface area contributed by atoms with Crippen molar-refractivity contribution in [1.82, 2.24) is 4.90 Å². The second-order valence-corrected chi connectivity index (χ2v) is 5.35. The summed E-state index contributed by atoms with van der Waals surface area (Å²) in [6, 6.07) is 8.16. The lowest BCUT2D eigenvalue weighted by atomic mass is 9.90. The normalized spacial score (nSPS) is 22.8. The molecule has 1 heterocycles. The topological polar surface area (TPSA) is 71.5 Å². The molecule has 21 heavy (non-hydrogen) atoms. The van der Waals surface area contributed by atoms with Crippen LogP contribution in [0.4, 0.5) is 0 Å². The molecular weight excluding hydrogens is 266 g/mol. The van der Waals surface area contributed by atoms with Crippen molar-refractivity contribution in [3.63, 3.8) is 0 Å². The molecule has 2 rings (SSSR count). The fourth-order valence-electron chi connectivity index (χ4n) is 3.01. The van der Waals surface area contributed by atoms with Gasteiger partial charge in [0, 0.05) is 19.7 Å². The van der Waals surface area contributed by atoms with E-state index < -0.39 is 0 Å². The number of hydrogen-bond donors (Lipinski definition) is 1. The smallest absolute Gasteiger partial charge is 0.136 e. The Morgan fingerprint density at radius 2 is 2.24 bits per heavy atom. The SMILES string of the molecule is COCCN1CCCC(N)C1c1ccc(OC)c(C#N)c1. The van der Waals surface area contributed by atoms with Crippen LogP contribution in [0, 0.1) is 11.3 Å². The van der Waals surface area contributed by atoms with E-state index in [-0.39, 0.29) is 12.1 Å². The van der Waals surface area contributed by atoms with E-state index in [0.717, 1.165) is 31.5 Å². The molecule has 5 nitrogen and oxygen atoms in total. The minimum Gasteiger partial charge on any atom is -0.495 e. The first-order chi connectivity index (χ1) is 10.2. The first kappa shape index (κ1) is 15.8. The molecule has 0 saturated carbocycles. The third-order valence-electron chi connectivity index (χ3n) is 4.05. The van der Waals surface area contributed by atoms with Gasteiger partial charge in [0.05, 0.1) is 25.3 Å². The van der Waals surface area contributed by atoms with E-state index in [2.05, 4.69) is 11.0 Å². The highest BCUT2D eigenvalue weighted by Gasteiger charge is 2.30. The van der Waals surface area contributed by atoms with E-state index in [0.29, 0.717) is 17.9 Å². The Bertz CT molecular complexity index is 513. The van der Waals surface area contributed by atoms with Crippen molar-refractivity contribution >= 4 is 0 Å². The zero-order chi connectivity index (χ0) is 15.2. The maximum absolute atomic E-state index is 9.25. The van der Waals surface area contributed by atoms with E-state index >= 15 is 0 Å². The molecule has 0 bridgehead atoms. The molecule has 0 spiro atoms. The second kappa shape index (κ2) is 7.41. The molecule has 1 aromatic rings. The molecule has 2 unspecified atom stereocenters. The van der Waals surface area contributed by atoms with Gasteiger partial charge in [-0.15, -0.1) is 0 Å². The predicted molar refractivity (Wildman–Crippen MR) is 81.1 cm³/mol. The fourth-order valence-corrected chi connectivity index (χ4v) is 3.01. The number of rotatable bonds is 5. The van der Waals surface area contributed by atoms with Gasteiger partial charge in [0.1, 0.15) is 11.8 Å². The highest BCUT2D eigenvalue weighted by Crippen LogP contribution is 2.32. The van der Waals surface area contributed by atoms with Gasteiger partial charge >= 0.3 is 0 Å². The van der Waals surface area contributed by atoms with Crippen LogP contribution >= 0.6 is 0 Å². The van der Waals surface area contributed by atoms with Crippen molar-refractivity contribution in [1.29, 1.82) is 5.26 Å². The van der Waals surface area contributed by atoms with E-state index in [4.69, 9.17) is 15.2 Å². The lowest BCUT2D eigenvalue weighted by Crippen LogP contribution is -2.46. The molecule has 0 radical (unpaired) electrons. The van der Waals surface area contributed by atoms with E-state index in [1.807, 2.05) is 18.2 Å². The van der Waals surface area contributed by atoms with Gasteiger partial charge in [0.15, 0.2) is 0 Å². The summed E-state index contributed by atoms with van der Waals surface area (Å²) in [7, 11) is 3.28. The van der Waals surface area contributed by atoms with Crippen LogP contribution in [0.2, 0.25) is 0 Å². The molecule has 1 aliphatic heterocycles. The Morgan fingerprint density at radius 3 is 2.90 bits per heavy atom. The zero-order valence-electron chi connectivity index (χ0n) is 12.7. The summed E-state index contributed by atoms with van der Waals surface area (Å²) < 4.78 is 10.4. The van der Waals surface area contributed by atoms with Crippen molar-refractivity contribution in [2.45, 2.75) is 24.9 Å². The van der Waals surface area contributed by atoms with Crippen molar-refractivity contribution < 1.29 is 9.47 Å². The van der Waals surface area contributed by atoms with Crippen LogP contribution in [-0.2, 0) is 4.74 Å². The van der Waals surface area contributed by atoms with Gasteiger partial charge in [-0.05, 0) is 37.1 Å². The summed E-state index contributed by atoms with van der Waals surface area (Å²) in [6.45, 7) is 2.54. The van der Waals surface area contributed by atoms with Gasteiger partial charge < -0.3 is 15.2 Å². The minimum absolute atomic E-state index is 0.0792. The number of hydrogen-bond acceptors (Lipinski definition) is 5. The number of nitriles is 1. The fraction of sp³-hybridized carbons (Fsp3) is 0.562. The summed E-state index contributed by atoms with van der Waals surface area (Å²) in [5.74, 6) is 0.606. The number of methoxy groups -OCH3 is 2. The van der Waals surface area contributed by atoms with Crippen LogP contribution in [0.1, 0.15) is 30.0 Å². The molecule has 2 atom stereocenters. The summed E-state index contributed by atoms with van der Waals surface area (Å²) in [5.41, 5.74) is 7.97. The molecule has 114 valence electrons. The van der Waals surface area contributed by atoms with Gasteiger partial charge in [-0.2, -0.15) is 5.26 Å². The van der Waals surface area contributed by atoms with Crippen LogP contribution < -0.4 is 10.5 Å². The van der Waals surface area contributed by atoms with E-state index in [1.165, 1.54) is 0 Å². The maximum Gasteiger partial charge on any atom is 0.136 e. The highest BCUT2D eigenvalue weighted by atomic mass is 16.5. The predicted octanol–water partition coefficient (Wildman–Crippen LogP) is 1.68. The van der Waals surface area contributed by atoms with Crippen LogP contribution in [-0.4, -0.2) is 44.9 Å². The third-order valence-corrected chi connectivity index (χ3v) is 4.05. The number of likely N-dealkylation sites (tertiary alicyclic amines) is 1. The third kappa shape index (κ3) is 3.53. The number of nitrogens with zero attached hydrogens (tertiary/aromatic N) is 2. The molecular formula is C16H23N3O2. The lowest BCUT2D eigenvalue weighted by molar-refractivity contribution is 0.0848. The average molecular weight is 289 g/mol. The van der Waals surface area contributed by atoms with Crippen LogP contribution in [0.15, 0.2) is 18.2 Å². The van der Waals surface area contributed by atoms with Gasteiger partial charge in [0.2, 0.25) is 0 Å². The monoisotopic (exact) mass is 289 g/mol. The van der Waals surface area contributed by atoms with Crippen LogP contribution in [0.5, 0.6) is 5.75 Å². The Balaban J connectivity index is 2.29. The van der Waals surface area contributed by atoms with Crippen molar-refractivity contribution in [2.24, 2.45) is 5.73 Å². The maximum atomic E-state index is 9.25. The number of ether oxygens (including phenoxy) is 2. The summed E-state index contributed by atoms with van der Waals surface area (Å²) in [5, 5.41) is 9.25. The first-order valence-corrected chi connectivity index (χ1v) is 7.28. The first-order valence-electron chi connectivity index (χ1n) is 7.28. The Kier molecular flexibility index (Phi) is 5.57. The molecule has 1 aromatic carbocycles. The lowest BCUT2D eigenvalue weighted by Gasteiger charge is -2.40.